The highest BCUT2D eigenvalue weighted by molar-refractivity contribution is 4.93. The molecule has 0 bridgehead atoms. The second kappa shape index (κ2) is 14.6. The molecule has 0 aromatic rings. The Morgan fingerprint density at radius 3 is 2.26 bits per heavy atom. The molecule has 0 saturated carbocycles. The molecule has 0 aliphatic carbocycles. The van der Waals surface area contributed by atoms with E-state index in [1.54, 1.807) is 0 Å². The van der Waals surface area contributed by atoms with Crippen molar-refractivity contribution < 1.29 is 5.11 Å². The lowest BCUT2D eigenvalue weighted by Crippen LogP contribution is -2.36. The number of unbranched alkanes of at least 4 members (excludes halogenated alkanes) is 9. The summed E-state index contributed by atoms with van der Waals surface area (Å²) in [6, 6.07) is 0. The van der Waals surface area contributed by atoms with Crippen molar-refractivity contribution in [2.45, 2.75) is 90.1 Å². The van der Waals surface area contributed by atoms with Crippen LogP contribution in [0.2, 0.25) is 0 Å². The third-order valence-corrected chi connectivity index (χ3v) is 4.56. The third kappa shape index (κ3) is 10.4. The van der Waals surface area contributed by atoms with Crippen LogP contribution in [-0.4, -0.2) is 29.3 Å². The summed E-state index contributed by atoms with van der Waals surface area (Å²) < 4.78 is 0. The van der Waals surface area contributed by atoms with Gasteiger partial charge < -0.3 is 15.3 Å². The average Bonchev–Trinajstić information content (AvgIpc) is 2.99. The summed E-state index contributed by atoms with van der Waals surface area (Å²) in [6.07, 6.45) is 25.1. The van der Waals surface area contributed by atoms with E-state index in [2.05, 4.69) is 35.5 Å². The number of β-amino-alcohol motifs (C(OH)–C–C–N with tert-alkyl or cyclic N) is 1. The molecule has 3 nitrogen and oxygen atoms in total. The molecule has 3 heteroatoms. The molecule has 0 aromatic heterocycles. The molecule has 0 spiro atoms. The molecule has 0 aromatic carbocycles. The number of nitrogens with one attached hydrogen (secondary N) is 1. The highest BCUT2D eigenvalue weighted by atomic mass is 16.3. The first-order valence-corrected chi connectivity index (χ1v) is 9.82. The molecule has 0 saturated heterocycles. The first kappa shape index (κ1) is 20.1. The van der Waals surface area contributed by atoms with Crippen LogP contribution in [-0.2, 0) is 0 Å². The van der Waals surface area contributed by atoms with Gasteiger partial charge in [-0.15, -0.1) is 0 Å². The lowest BCUT2D eigenvalue weighted by molar-refractivity contribution is 0.194. The molecule has 1 atom stereocenters. The van der Waals surface area contributed by atoms with E-state index in [-0.39, 0.29) is 6.61 Å². The number of hydrogen-bond donors (Lipinski definition) is 2. The molecule has 1 heterocycles. The normalized spacial score (nSPS) is 17.3. The Labute approximate surface area is 143 Å². The summed E-state index contributed by atoms with van der Waals surface area (Å²) in [5.41, 5.74) is 0. The van der Waals surface area contributed by atoms with E-state index in [9.17, 15) is 0 Å². The van der Waals surface area contributed by atoms with Crippen molar-refractivity contribution in [1.29, 1.82) is 0 Å². The lowest BCUT2D eigenvalue weighted by atomic mass is 10.0. The molecular formula is C20H38N2O. The predicted octanol–water partition coefficient (Wildman–Crippen LogP) is 4.94. The van der Waals surface area contributed by atoms with Crippen molar-refractivity contribution in [3.8, 4) is 0 Å². The van der Waals surface area contributed by atoms with Crippen LogP contribution >= 0.6 is 0 Å². The number of allylic oxidation sites excluding steroid dienone is 2. The molecule has 2 N–H and O–H groups in total. The van der Waals surface area contributed by atoms with E-state index in [1.165, 1.54) is 77.0 Å². The maximum atomic E-state index is 9.02. The Kier molecular flexibility index (Phi) is 12.8. The van der Waals surface area contributed by atoms with Gasteiger partial charge in [0.25, 0.3) is 0 Å². The van der Waals surface area contributed by atoms with Gasteiger partial charge in [0.1, 0.15) is 0 Å². The van der Waals surface area contributed by atoms with E-state index in [0.717, 1.165) is 6.54 Å². The van der Waals surface area contributed by atoms with E-state index < -0.39 is 0 Å². The van der Waals surface area contributed by atoms with Gasteiger partial charge in [-0.3, -0.25) is 0 Å². The monoisotopic (exact) mass is 322 g/mol. The summed E-state index contributed by atoms with van der Waals surface area (Å²) in [5.74, 6) is 0. The van der Waals surface area contributed by atoms with Gasteiger partial charge in [0, 0.05) is 18.9 Å². The zero-order chi connectivity index (χ0) is 16.6. The molecule has 1 aliphatic rings. The number of aliphatic hydroxyl groups is 1. The van der Waals surface area contributed by atoms with E-state index >= 15 is 0 Å². The standard InChI is InChI=1S/C20H38N2O/c1-2-3-4-5-6-7-8-9-10-11-12-13-14-15-20-21-16-17-22(20)18-19-23/h3-4,16-17,20-21,23H,2,5-15,18-19H2,1H3/b4-3+. The van der Waals surface area contributed by atoms with Crippen molar-refractivity contribution in [2.24, 2.45) is 0 Å². The zero-order valence-corrected chi connectivity index (χ0v) is 15.2. The summed E-state index contributed by atoms with van der Waals surface area (Å²) in [7, 11) is 0. The quantitative estimate of drug-likeness (QED) is 0.331. The summed E-state index contributed by atoms with van der Waals surface area (Å²) in [6.45, 7) is 3.17. The number of hydrogen-bond acceptors (Lipinski definition) is 3. The summed E-state index contributed by atoms with van der Waals surface area (Å²) >= 11 is 0. The maximum Gasteiger partial charge on any atom is 0.0982 e. The fourth-order valence-electron chi connectivity index (χ4n) is 3.17. The minimum atomic E-state index is 0.234. The Morgan fingerprint density at radius 2 is 1.61 bits per heavy atom. The lowest BCUT2D eigenvalue weighted by Gasteiger charge is -2.24. The van der Waals surface area contributed by atoms with Gasteiger partial charge in [-0.25, -0.2) is 0 Å². The highest BCUT2D eigenvalue weighted by Gasteiger charge is 2.16. The van der Waals surface area contributed by atoms with E-state index in [0.29, 0.717) is 6.17 Å². The van der Waals surface area contributed by atoms with Crippen LogP contribution in [0.5, 0.6) is 0 Å². The van der Waals surface area contributed by atoms with Crippen molar-refractivity contribution >= 4 is 0 Å². The molecule has 1 rings (SSSR count). The minimum absolute atomic E-state index is 0.234. The van der Waals surface area contributed by atoms with Crippen LogP contribution in [0, 0.1) is 0 Å². The van der Waals surface area contributed by atoms with Crippen molar-refractivity contribution in [3.63, 3.8) is 0 Å². The predicted molar refractivity (Wildman–Crippen MR) is 100 cm³/mol. The SMILES string of the molecule is CC/C=C/CCCCCCCCCCCC1NC=CN1CCO. The Hall–Kier alpha value is -0.960. The van der Waals surface area contributed by atoms with Crippen LogP contribution in [0.3, 0.4) is 0 Å². The second-order valence-corrected chi connectivity index (χ2v) is 6.60. The van der Waals surface area contributed by atoms with Gasteiger partial charge in [0.05, 0.1) is 12.8 Å². The van der Waals surface area contributed by atoms with Gasteiger partial charge in [-0.1, -0.05) is 64.0 Å². The second-order valence-electron chi connectivity index (χ2n) is 6.60. The van der Waals surface area contributed by atoms with Crippen molar-refractivity contribution in [1.82, 2.24) is 10.2 Å². The third-order valence-electron chi connectivity index (χ3n) is 4.56. The van der Waals surface area contributed by atoms with Gasteiger partial charge in [0.15, 0.2) is 0 Å². The first-order valence-electron chi connectivity index (χ1n) is 9.82. The largest absolute Gasteiger partial charge is 0.395 e. The van der Waals surface area contributed by atoms with Crippen LogP contribution in [0.25, 0.3) is 0 Å². The Morgan fingerprint density at radius 1 is 0.957 bits per heavy atom. The van der Waals surface area contributed by atoms with Crippen LogP contribution < -0.4 is 5.32 Å². The molecular weight excluding hydrogens is 284 g/mol. The number of rotatable bonds is 15. The van der Waals surface area contributed by atoms with E-state index in [4.69, 9.17) is 5.11 Å². The molecule has 23 heavy (non-hydrogen) atoms. The van der Waals surface area contributed by atoms with Gasteiger partial charge in [-0.2, -0.15) is 0 Å². The molecule has 0 fully saturated rings. The van der Waals surface area contributed by atoms with Crippen LogP contribution in [0.4, 0.5) is 0 Å². The van der Waals surface area contributed by atoms with Gasteiger partial charge in [0.2, 0.25) is 0 Å². The fourth-order valence-corrected chi connectivity index (χ4v) is 3.17. The molecule has 1 unspecified atom stereocenters. The zero-order valence-electron chi connectivity index (χ0n) is 15.2. The number of aliphatic hydroxyl groups excluding tert-OH is 1. The molecule has 134 valence electrons. The van der Waals surface area contributed by atoms with Crippen molar-refractivity contribution in [3.05, 3.63) is 24.6 Å². The van der Waals surface area contributed by atoms with Gasteiger partial charge in [-0.05, 0) is 32.1 Å². The average molecular weight is 323 g/mol. The van der Waals surface area contributed by atoms with Crippen LogP contribution in [0.1, 0.15) is 84.0 Å². The summed E-state index contributed by atoms with van der Waals surface area (Å²) in [5, 5.41) is 12.4. The summed E-state index contributed by atoms with van der Waals surface area (Å²) in [4.78, 5) is 2.20. The smallest absolute Gasteiger partial charge is 0.0982 e. The molecule has 0 amide bonds. The maximum absolute atomic E-state index is 9.02. The molecule has 0 radical (unpaired) electrons. The Bertz CT molecular complexity index is 315. The molecule has 1 aliphatic heterocycles. The van der Waals surface area contributed by atoms with Crippen molar-refractivity contribution in [2.75, 3.05) is 13.2 Å². The minimum Gasteiger partial charge on any atom is -0.395 e. The van der Waals surface area contributed by atoms with Crippen LogP contribution in [0.15, 0.2) is 24.6 Å². The first-order chi connectivity index (χ1) is 11.4. The fraction of sp³-hybridized carbons (Fsp3) is 0.800. The highest BCUT2D eigenvalue weighted by Crippen LogP contribution is 2.15. The van der Waals surface area contributed by atoms with Gasteiger partial charge >= 0.3 is 0 Å². The number of nitrogens with zero attached hydrogens (tertiary/aromatic N) is 1. The Balaban J connectivity index is 1.80. The van der Waals surface area contributed by atoms with E-state index in [1.807, 2.05) is 6.20 Å². The topological polar surface area (TPSA) is 35.5 Å².